The number of ether oxygens (including phenoxy) is 2. The Balaban J connectivity index is 1.90. The summed E-state index contributed by atoms with van der Waals surface area (Å²) >= 11 is 6.97. The number of hydrogen-bond donors (Lipinski definition) is 3. The van der Waals surface area contributed by atoms with Crippen LogP contribution in [0.15, 0.2) is 36.7 Å². The maximum Gasteiger partial charge on any atom is 0.358 e. The lowest BCUT2D eigenvalue weighted by Gasteiger charge is -2.14. The molecule has 164 valence electrons. The number of nitrogens with zero attached hydrogens (tertiary/aromatic N) is 2. The van der Waals surface area contributed by atoms with E-state index in [4.69, 9.17) is 21.1 Å². The zero-order valence-corrected chi connectivity index (χ0v) is 19.2. The molecule has 0 fully saturated rings. The van der Waals surface area contributed by atoms with Gasteiger partial charge < -0.3 is 19.3 Å². The zero-order valence-electron chi connectivity index (χ0n) is 16.7. The minimum absolute atomic E-state index is 0.106. The highest BCUT2D eigenvalue weighted by Crippen LogP contribution is 2.35. The number of anilines is 1. The standard InChI is InChI=1S/C19H19ClN3O6PS/c1-10(2)28-13-5-12(18(24)23-19-22-9-16(20)31-19)6-14(7-13)29-17-4-11(3)15(8-21-17)30(25,26)27/h4-10H,1-3H3,(H,22,23,24)(H2,25,26,27). The van der Waals surface area contributed by atoms with Gasteiger partial charge in [-0.05, 0) is 38.5 Å². The number of carbonyl (C=O) groups is 1. The van der Waals surface area contributed by atoms with Crippen molar-refractivity contribution >= 4 is 46.9 Å². The lowest BCUT2D eigenvalue weighted by molar-refractivity contribution is 0.102. The third kappa shape index (κ3) is 6.25. The van der Waals surface area contributed by atoms with E-state index in [1.165, 1.54) is 18.3 Å². The van der Waals surface area contributed by atoms with E-state index in [1.807, 2.05) is 13.8 Å². The Morgan fingerprint density at radius 3 is 2.45 bits per heavy atom. The number of aryl methyl sites for hydroxylation is 1. The molecule has 0 atom stereocenters. The van der Waals surface area contributed by atoms with E-state index in [-0.39, 0.29) is 28.6 Å². The molecule has 9 nitrogen and oxygen atoms in total. The third-order valence-corrected chi connectivity index (χ3v) is 5.93. The highest BCUT2D eigenvalue weighted by atomic mass is 35.5. The van der Waals surface area contributed by atoms with Crippen molar-refractivity contribution in [3.63, 3.8) is 0 Å². The van der Waals surface area contributed by atoms with Crippen molar-refractivity contribution < 1.29 is 28.6 Å². The van der Waals surface area contributed by atoms with Crippen LogP contribution in [-0.4, -0.2) is 31.8 Å². The lowest BCUT2D eigenvalue weighted by Crippen LogP contribution is -2.13. The molecule has 3 N–H and O–H groups in total. The molecule has 2 heterocycles. The zero-order chi connectivity index (χ0) is 22.8. The maximum atomic E-state index is 12.7. The van der Waals surface area contributed by atoms with E-state index in [2.05, 4.69) is 15.3 Å². The van der Waals surface area contributed by atoms with Gasteiger partial charge >= 0.3 is 7.60 Å². The van der Waals surface area contributed by atoms with E-state index in [1.54, 1.807) is 19.1 Å². The van der Waals surface area contributed by atoms with Crippen molar-refractivity contribution in [2.24, 2.45) is 0 Å². The predicted molar refractivity (Wildman–Crippen MR) is 118 cm³/mol. The van der Waals surface area contributed by atoms with Crippen LogP contribution in [0.2, 0.25) is 4.34 Å². The number of hydrogen-bond acceptors (Lipinski definition) is 7. The summed E-state index contributed by atoms with van der Waals surface area (Å²) < 4.78 is 23.4. The summed E-state index contributed by atoms with van der Waals surface area (Å²) in [6, 6.07) is 6.05. The van der Waals surface area contributed by atoms with Crippen molar-refractivity contribution in [3.8, 4) is 17.4 Å². The molecule has 12 heteroatoms. The Hall–Kier alpha value is -2.49. The molecule has 3 rings (SSSR count). The summed E-state index contributed by atoms with van der Waals surface area (Å²) in [5.74, 6) is 0.329. The van der Waals surface area contributed by atoms with E-state index in [0.29, 0.717) is 20.8 Å². The molecule has 0 bridgehead atoms. The second-order valence-corrected chi connectivity index (χ2v) is 9.97. The van der Waals surface area contributed by atoms with Crippen LogP contribution in [0.3, 0.4) is 0 Å². The normalized spacial score (nSPS) is 11.5. The minimum atomic E-state index is -4.44. The van der Waals surface area contributed by atoms with Gasteiger partial charge in [0, 0.05) is 23.9 Å². The molecule has 3 aromatic rings. The summed E-state index contributed by atoms with van der Waals surface area (Å²) in [4.78, 5) is 39.3. The number of amides is 1. The summed E-state index contributed by atoms with van der Waals surface area (Å²) in [7, 11) is -4.44. The average molecular weight is 484 g/mol. The van der Waals surface area contributed by atoms with Gasteiger partial charge in [-0.1, -0.05) is 22.9 Å². The van der Waals surface area contributed by atoms with Crippen LogP contribution in [0.5, 0.6) is 17.4 Å². The molecule has 0 saturated carbocycles. The van der Waals surface area contributed by atoms with Gasteiger partial charge in [-0.25, -0.2) is 9.97 Å². The van der Waals surface area contributed by atoms with Crippen LogP contribution < -0.4 is 20.1 Å². The fraction of sp³-hybridized carbons (Fsp3) is 0.211. The lowest BCUT2D eigenvalue weighted by atomic mass is 10.2. The number of pyridine rings is 1. The first-order valence-electron chi connectivity index (χ1n) is 8.96. The van der Waals surface area contributed by atoms with Crippen LogP contribution >= 0.6 is 30.5 Å². The van der Waals surface area contributed by atoms with Gasteiger partial charge in [0.25, 0.3) is 5.91 Å². The van der Waals surface area contributed by atoms with Crippen LogP contribution in [0.4, 0.5) is 5.13 Å². The molecular formula is C19H19ClN3O6PS. The van der Waals surface area contributed by atoms with Gasteiger partial charge in [-0.15, -0.1) is 0 Å². The predicted octanol–water partition coefficient (Wildman–Crippen LogP) is 4.13. The average Bonchev–Trinajstić information content (AvgIpc) is 3.04. The van der Waals surface area contributed by atoms with E-state index < -0.39 is 13.5 Å². The van der Waals surface area contributed by atoms with E-state index >= 15 is 0 Å². The Morgan fingerprint density at radius 1 is 1.16 bits per heavy atom. The van der Waals surface area contributed by atoms with Crippen molar-refractivity contribution in [2.75, 3.05) is 5.32 Å². The largest absolute Gasteiger partial charge is 0.491 e. The molecule has 0 radical (unpaired) electrons. The number of thiazole rings is 1. The smallest absolute Gasteiger partial charge is 0.358 e. The van der Waals surface area contributed by atoms with Gasteiger partial charge in [0.1, 0.15) is 15.8 Å². The quantitative estimate of drug-likeness (QED) is 0.427. The summed E-state index contributed by atoms with van der Waals surface area (Å²) in [6.07, 6.45) is 2.36. The van der Waals surface area contributed by atoms with E-state index in [0.717, 1.165) is 17.5 Å². The third-order valence-electron chi connectivity index (χ3n) is 3.81. The van der Waals surface area contributed by atoms with Crippen molar-refractivity contribution in [3.05, 3.63) is 52.1 Å². The van der Waals surface area contributed by atoms with Gasteiger partial charge in [0.05, 0.1) is 17.6 Å². The van der Waals surface area contributed by atoms with E-state index in [9.17, 15) is 19.1 Å². The number of benzene rings is 1. The SMILES string of the molecule is Cc1cc(Oc2cc(OC(C)C)cc(C(=O)Nc3ncc(Cl)s3)c2)ncc1P(=O)(O)O. The topological polar surface area (TPSA) is 131 Å². The first-order valence-corrected chi connectivity index (χ1v) is 11.8. The Labute approximate surface area is 187 Å². The minimum Gasteiger partial charge on any atom is -0.491 e. The van der Waals surface area contributed by atoms with Crippen LogP contribution in [0.25, 0.3) is 0 Å². The number of rotatable bonds is 7. The molecule has 0 aliphatic rings. The molecule has 31 heavy (non-hydrogen) atoms. The molecule has 1 amide bonds. The van der Waals surface area contributed by atoms with Gasteiger partial charge in [-0.3, -0.25) is 14.7 Å². The van der Waals surface area contributed by atoms with Crippen LogP contribution in [-0.2, 0) is 4.57 Å². The van der Waals surface area contributed by atoms with Crippen molar-refractivity contribution in [1.29, 1.82) is 0 Å². The monoisotopic (exact) mass is 483 g/mol. The highest BCUT2D eigenvalue weighted by Gasteiger charge is 2.21. The molecule has 0 spiro atoms. The first kappa shape index (κ1) is 23.2. The number of halogens is 1. The van der Waals surface area contributed by atoms with Crippen LogP contribution in [0, 0.1) is 6.92 Å². The number of aromatic nitrogens is 2. The number of carbonyl (C=O) groups excluding carboxylic acids is 1. The Morgan fingerprint density at radius 2 is 1.87 bits per heavy atom. The van der Waals surface area contributed by atoms with Crippen molar-refractivity contribution in [1.82, 2.24) is 9.97 Å². The highest BCUT2D eigenvalue weighted by molar-refractivity contribution is 7.60. The second-order valence-electron chi connectivity index (χ2n) is 6.74. The van der Waals surface area contributed by atoms with Crippen molar-refractivity contribution in [2.45, 2.75) is 26.9 Å². The molecule has 0 aliphatic heterocycles. The van der Waals surface area contributed by atoms with Crippen LogP contribution in [0.1, 0.15) is 29.8 Å². The van der Waals surface area contributed by atoms with Gasteiger partial charge in [0.2, 0.25) is 5.88 Å². The fourth-order valence-electron chi connectivity index (χ4n) is 2.59. The Kier molecular flexibility index (Phi) is 6.98. The Bertz CT molecular complexity index is 1160. The van der Waals surface area contributed by atoms with Gasteiger partial charge in [-0.2, -0.15) is 0 Å². The molecule has 1 aromatic carbocycles. The van der Waals surface area contributed by atoms with Gasteiger partial charge in [0.15, 0.2) is 5.13 Å². The molecular weight excluding hydrogens is 465 g/mol. The molecule has 0 aliphatic carbocycles. The molecule has 0 unspecified atom stereocenters. The fourth-order valence-corrected chi connectivity index (χ4v) is 4.13. The molecule has 2 aromatic heterocycles. The first-order chi connectivity index (χ1) is 14.5. The number of nitrogens with one attached hydrogen (secondary N) is 1. The summed E-state index contributed by atoms with van der Waals surface area (Å²) in [5, 5.41) is 2.82. The maximum absolute atomic E-state index is 12.7. The second kappa shape index (κ2) is 9.33. The summed E-state index contributed by atoms with van der Waals surface area (Å²) in [6.45, 7) is 5.23. The molecule has 0 saturated heterocycles. The summed E-state index contributed by atoms with van der Waals surface area (Å²) in [5.41, 5.74) is 0.578.